The number of esters is 3. The zero-order chi connectivity index (χ0) is 27.1. The number of carbonyl (C=O) groups is 4. The summed E-state index contributed by atoms with van der Waals surface area (Å²) < 4.78 is 22.3. The summed E-state index contributed by atoms with van der Waals surface area (Å²) >= 11 is 0. The number of ketones is 1. The SMILES string of the molecule is CC1(C)OC(=O)C[C@H](O)[C@]2(C)[C@H]3[C@@H](O)C[C@@]4(C)[C@H](C5=CC(O)OC5=O)OC(=O)[C@H]5O[C@]54[C@]3(C)C(=O)C[C@@H]12. The van der Waals surface area contributed by atoms with Crippen molar-refractivity contribution >= 4 is 23.7 Å². The molecule has 0 bridgehead atoms. The highest BCUT2D eigenvalue weighted by atomic mass is 16.7. The second-order valence-electron chi connectivity index (χ2n) is 12.7. The Morgan fingerprint density at radius 2 is 1.59 bits per heavy atom. The van der Waals surface area contributed by atoms with Crippen molar-refractivity contribution in [3.63, 3.8) is 0 Å². The fourth-order valence-corrected chi connectivity index (χ4v) is 9.22. The van der Waals surface area contributed by atoms with Gasteiger partial charge >= 0.3 is 17.9 Å². The summed E-state index contributed by atoms with van der Waals surface area (Å²) in [5.74, 6) is -4.02. The lowest BCUT2D eigenvalue weighted by atomic mass is 9.36. The Balaban J connectivity index is 1.55. The number of carbonyl (C=O) groups excluding carboxylic acids is 4. The van der Waals surface area contributed by atoms with E-state index in [1.54, 1.807) is 34.6 Å². The highest BCUT2D eigenvalue weighted by molar-refractivity contribution is 5.96. The maximum atomic E-state index is 14.2. The monoisotopic (exact) mass is 520 g/mol. The van der Waals surface area contributed by atoms with Crippen LogP contribution in [-0.2, 0) is 38.1 Å². The lowest BCUT2D eigenvalue weighted by Crippen LogP contribution is -2.76. The number of ether oxygens (including phenoxy) is 4. The molecule has 37 heavy (non-hydrogen) atoms. The van der Waals surface area contributed by atoms with Crippen LogP contribution in [-0.4, -0.2) is 80.9 Å². The molecule has 3 saturated heterocycles. The molecule has 11 nitrogen and oxygen atoms in total. The van der Waals surface area contributed by atoms with Crippen LogP contribution in [0.3, 0.4) is 0 Å². The number of rotatable bonds is 1. The summed E-state index contributed by atoms with van der Waals surface area (Å²) in [6, 6.07) is 0. The lowest BCUT2D eigenvalue weighted by molar-refractivity contribution is -0.253. The van der Waals surface area contributed by atoms with Gasteiger partial charge in [-0.1, -0.05) is 13.8 Å². The summed E-state index contributed by atoms with van der Waals surface area (Å²) in [6.07, 6.45) is -5.57. The number of aliphatic hydroxyl groups excluding tert-OH is 3. The van der Waals surface area contributed by atoms with E-state index in [9.17, 15) is 34.5 Å². The van der Waals surface area contributed by atoms with Crippen molar-refractivity contribution in [1.82, 2.24) is 0 Å². The maximum absolute atomic E-state index is 14.2. The van der Waals surface area contributed by atoms with Gasteiger partial charge < -0.3 is 34.3 Å². The van der Waals surface area contributed by atoms with Gasteiger partial charge in [-0.25, -0.2) is 9.59 Å². The molecule has 0 aromatic heterocycles. The zero-order valence-electron chi connectivity index (χ0n) is 21.3. The quantitative estimate of drug-likeness (QED) is 0.240. The van der Waals surface area contributed by atoms with Crippen LogP contribution in [0.25, 0.3) is 0 Å². The second-order valence-corrected chi connectivity index (χ2v) is 12.7. The van der Waals surface area contributed by atoms with Crippen LogP contribution >= 0.6 is 0 Å². The van der Waals surface area contributed by atoms with Gasteiger partial charge in [0.15, 0.2) is 6.10 Å². The number of hydrogen-bond donors (Lipinski definition) is 3. The van der Waals surface area contributed by atoms with Crippen LogP contribution in [0, 0.1) is 28.1 Å². The first-order chi connectivity index (χ1) is 17.1. The Labute approximate surface area is 213 Å². The minimum atomic E-state index is -1.51. The molecule has 1 spiro atoms. The number of fused-ring (bicyclic) bond motifs is 3. The third kappa shape index (κ3) is 2.66. The van der Waals surface area contributed by atoms with E-state index in [1.165, 1.54) is 0 Å². The number of Topliss-reactive ketones (excluding diaryl/α,β-unsaturated/α-hetero) is 1. The van der Waals surface area contributed by atoms with E-state index in [0.717, 1.165) is 6.08 Å². The number of hydrogen-bond acceptors (Lipinski definition) is 11. The van der Waals surface area contributed by atoms with Gasteiger partial charge in [0, 0.05) is 29.1 Å². The molecule has 6 rings (SSSR count). The molecular weight excluding hydrogens is 488 g/mol. The first kappa shape index (κ1) is 25.0. The molecule has 1 unspecified atom stereocenters. The Morgan fingerprint density at radius 1 is 0.919 bits per heavy atom. The second kappa shape index (κ2) is 6.99. The van der Waals surface area contributed by atoms with Crippen molar-refractivity contribution in [2.24, 2.45) is 28.1 Å². The van der Waals surface area contributed by atoms with Gasteiger partial charge in [-0.15, -0.1) is 0 Å². The van der Waals surface area contributed by atoms with E-state index in [0.29, 0.717) is 0 Å². The molecule has 2 aliphatic carbocycles. The molecule has 4 aliphatic heterocycles. The number of aliphatic hydroxyl groups is 3. The van der Waals surface area contributed by atoms with Gasteiger partial charge in [0.25, 0.3) is 0 Å². The highest BCUT2D eigenvalue weighted by Gasteiger charge is 2.90. The van der Waals surface area contributed by atoms with Crippen LogP contribution in [0.5, 0.6) is 0 Å². The normalized spacial score (nSPS) is 53.8. The predicted octanol–water partition coefficient (Wildman–Crippen LogP) is -0.0739. The van der Waals surface area contributed by atoms with Crippen LogP contribution in [0.2, 0.25) is 0 Å². The van der Waals surface area contributed by atoms with Gasteiger partial charge in [0.2, 0.25) is 6.29 Å². The van der Waals surface area contributed by atoms with Crippen molar-refractivity contribution in [1.29, 1.82) is 0 Å². The molecule has 6 aliphatic rings. The molecule has 11 heteroatoms. The van der Waals surface area contributed by atoms with Crippen molar-refractivity contribution in [3.8, 4) is 0 Å². The molecular formula is C26H32O11. The highest BCUT2D eigenvalue weighted by Crippen LogP contribution is 2.77. The smallest absolute Gasteiger partial charge is 0.340 e. The molecule has 0 amide bonds. The summed E-state index contributed by atoms with van der Waals surface area (Å²) in [7, 11) is 0. The van der Waals surface area contributed by atoms with Gasteiger partial charge in [0.1, 0.15) is 23.1 Å². The first-order valence-electron chi connectivity index (χ1n) is 12.7. The summed E-state index contributed by atoms with van der Waals surface area (Å²) in [5, 5.41) is 33.2. The Kier molecular flexibility index (Phi) is 4.72. The molecule has 4 heterocycles. The van der Waals surface area contributed by atoms with E-state index >= 15 is 0 Å². The van der Waals surface area contributed by atoms with E-state index in [-0.39, 0.29) is 30.6 Å². The zero-order valence-corrected chi connectivity index (χ0v) is 21.3. The fourth-order valence-electron chi connectivity index (χ4n) is 9.22. The lowest BCUT2D eigenvalue weighted by Gasteiger charge is -2.67. The maximum Gasteiger partial charge on any atom is 0.340 e. The van der Waals surface area contributed by atoms with Crippen molar-refractivity contribution in [2.45, 2.75) is 95.8 Å². The van der Waals surface area contributed by atoms with Gasteiger partial charge in [-0.05, 0) is 33.3 Å². The molecule has 3 N–H and O–H groups in total. The largest absolute Gasteiger partial charge is 0.459 e. The Hall–Kier alpha value is -2.34. The van der Waals surface area contributed by atoms with Crippen LogP contribution in [0.1, 0.15) is 53.9 Å². The molecule has 0 aromatic rings. The van der Waals surface area contributed by atoms with Crippen LogP contribution < -0.4 is 0 Å². The van der Waals surface area contributed by atoms with Crippen molar-refractivity contribution in [3.05, 3.63) is 11.6 Å². The van der Waals surface area contributed by atoms with Crippen LogP contribution in [0.15, 0.2) is 11.6 Å². The van der Waals surface area contributed by atoms with Gasteiger partial charge in [0.05, 0.1) is 29.6 Å². The molecule has 0 aromatic carbocycles. The fraction of sp³-hybridized carbons (Fsp3) is 0.769. The third-order valence-corrected chi connectivity index (χ3v) is 10.7. The van der Waals surface area contributed by atoms with Gasteiger partial charge in [-0.3, -0.25) is 9.59 Å². The van der Waals surface area contributed by atoms with Crippen LogP contribution in [0.4, 0.5) is 0 Å². The average Bonchev–Trinajstić information content (AvgIpc) is 3.47. The summed E-state index contributed by atoms with van der Waals surface area (Å²) in [5.41, 5.74) is -6.54. The van der Waals surface area contributed by atoms with E-state index < -0.39 is 87.9 Å². The van der Waals surface area contributed by atoms with Crippen molar-refractivity contribution in [2.75, 3.05) is 0 Å². The van der Waals surface area contributed by atoms with E-state index in [1.807, 2.05) is 0 Å². The molecule has 202 valence electrons. The first-order valence-corrected chi connectivity index (χ1v) is 12.7. The third-order valence-electron chi connectivity index (χ3n) is 10.7. The molecule has 2 saturated carbocycles. The minimum Gasteiger partial charge on any atom is -0.459 e. The summed E-state index contributed by atoms with van der Waals surface area (Å²) in [6.45, 7) is 8.53. The summed E-state index contributed by atoms with van der Waals surface area (Å²) in [4.78, 5) is 52.5. The minimum absolute atomic E-state index is 0.0417. The topological polar surface area (TPSA) is 169 Å². The molecule has 11 atom stereocenters. The number of epoxide rings is 1. The van der Waals surface area contributed by atoms with Gasteiger partial charge in [-0.2, -0.15) is 0 Å². The molecule has 0 radical (unpaired) electrons. The molecule has 5 fully saturated rings. The Bertz CT molecular complexity index is 1180. The average molecular weight is 521 g/mol. The predicted molar refractivity (Wildman–Crippen MR) is 120 cm³/mol. The van der Waals surface area contributed by atoms with E-state index in [2.05, 4.69) is 0 Å². The number of cyclic esters (lactones) is 3. The van der Waals surface area contributed by atoms with Crippen molar-refractivity contribution < 1.29 is 53.4 Å². The Morgan fingerprint density at radius 3 is 2.22 bits per heavy atom. The standard InChI is InChI=1S/C26H32O11/c1-22(2)12-7-14(29)25(5)17(24(12,4)13(28)8-16(31)36-22)11(27)9-23(3)18(10-6-15(30)34-20(10)32)35-21(33)19-26(23,25)37-19/h6,11-13,15,17-19,27-28,30H,7-9H2,1-5H3/t11-,12-,13-,15?,17+,18-,19+,23-,24+,25+,26+/m0/s1. The van der Waals surface area contributed by atoms with E-state index in [4.69, 9.17) is 18.9 Å².